The summed E-state index contributed by atoms with van der Waals surface area (Å²) < 4.78 is 5.13. The van der Waals surface area contributed by atoms with E-state index in [0.29, 0.717) is 6.61 Å². The molecule has 10 heavy (non-hydrogen) atoms. The molecule has 0 unspecified atom stereocenters. The molecule has 1 aromatic rings. The van der Waals surface area contributed by atoms with E-state index < -0.39 is 0 Å². The summed E-state index contributed by atoms with van der Waals surface area (Å²) in [5.41, 5.74) is 5.45. The topological polar surface area (TPSA) is 48.1 Å². The molecule has 1 heterocycles. The van der Waals surface area contributed by atoms with Crippen LogP contribution in [0.25, 0.3) is 0 Å². The minimum atomic E-state index is 0.582. The predicted octanol–water partition coefficient (Wildman–Crippen LogP) is 1.26. The Morgan fingerprint density at radius 3 is 3.10 bits per heavy atom. The van der Waals surface area contributed by atoms with Crippen LogP contribution in [0.15, 0.2) is 6.20 Å². The molecule has 0 aliphatic rings. The maximum Gasteiger partial charge on any atom is 0.120 e. The van der Waals surface area contributed by atoms with Crippen LogP contribution in [-0.4, -0.2) is 11.6 Å². The van der Waals surface area contributed by atoms with Crippen LogP contribution in [0.2, 0.25) is 0 Å². The second-order valence-corrected chi connectivity index (χ2v) is 2.94. The number of ether oxygens (including phenoxy) is 1. The summed E-state index contributed by atoms with van der Waals surface area (Å²) in [6.07, 6.45) is 1.65. The van der Waals surface area contributed by atoms with Gasteiger partial charge in [0.05, 0.1) is 12.8 Å². The first-order chi connectivity index (χ1) is 4.83. The normalized spacial score (nSPS) is 10.1. The lowest BCUT2D eigenvalue weighted by atomic mass is 10.7. The second-order valence-electron chi connectivity index (χ2n) is 1.79. The molecular formula is C6H10N2OS. The third-order valence-electron chi connectivity index (χ3n) is 1.00. The minimum absolute atomic E-state index is 0.582. The summed E-state index contributed by atoms with van der Waals surface area (Å²) in [4.78, 5) is 4.02. The summed E-state index contributed by atoms with van der Waals surface area (Å²) in [6.45, 7) is 3.26. The Morgan fingerprint density at radius 1 is 1.80 bits per heavy atom. The fraction of sp³-hybridized carbons (Fsp3) is 0.500. The van der Waals surface area contributed by atoms with Gasteiger partial charge in [0.1, 0.15) is 10.0 Å². The van der Waals surface area contributed by atoms with Gasteiger partial charge in [-0.3, -0.25) is 0 Å². The lowest BCUT2D eigenvalue weighted by Gasteiger charge is -1.93. The molecule has 2 N–H and O–H groups in total. The number of nitrogens with two attached hydrogens (primary N) is 1. The zero-order chi connectivity index (χ0) is 7.40. The van der Waals surface area contributed by atoms with Crippen molar-refractivity contribution in [1.82, 2.24) is 4.98 Å². The molecule has 0 aliphatic carbocycles. The lowest BCUT2D eigenvalue weighted by molar-refractivity contribution is 0.134. The Labute approximate surface area is 63.8 Å². The standard InChI is InChI=1S/C6H10N2OS/c1-2-9-4-6-8-3-5(7)10-6/h3H,2,4,7H2,1H3. The molecule has 0 saturated carbocycles. The third kappa shape index (κ3) is 1.97. The van der Waals surface area contributed by atoms with E-state index in [-0.39, 0.29) is 0 Å². The number of hydrogen-bond donors (Lipinski definition) is 1. The van der Waals surface area contributed by atoms with Crippen LogP contribution in [0.3, 0.4) is 0 Å². The Balaban J connectivity index is 2.42. The van der Waals surface area contributed by atoms with Crippen molar-refractivity contribution in [2.75, 3.05) is 12.3 Å². The number of anilines is 1. The summed E-state index contributed by atoms with van der Waals surface area (Å²) in [6, 6.07) is 0. The summed E-state index contributed by atoms with van der Waals surface area (Å²) in [7, 11) is 0. The Bertz CT molecular complexity index is 199. The average Bonchev–Trinajstić information content (AvgIpc) is 2.31. The largest absolute Gasteiger partial charge is 0.389 e. The fourth-order valence-corrected chi connectivity index (χ4v) is 1.21. The van der Waals surface area contributed by atoms with Crippen LogP contribution in [0.1, 0.15) is 11.9 Å². The SMILES string of the molecule is CCOCc1ncc(N)s1. The number of thiazole rings is 1. The molecule has 3 nitrogen and oxygen atoms in total. The molecule has 0 saturated heterocycles. The maximum atomic E-state index is 5.45. The van der Waals surface area contributed by atoms with Gasteiger partial charge < -0.3 is 10.5 Å². The van der Waals surface area contributed by atoms with Gasteiger partial charge in [-0.2, -0.15) is 0 Å². The molecule has 0 radical (unpaired) electrons. The van der Waals surface area contributed by atoms with Crippen molar-refractivity contribution >= 4 is 16.3 Å². The monoisotopic (exact) mass is 158 g/mol. The molecule has 0 fully saturated rings. The summed E-state index contributed by atoms with van der Waals surface area (Å²) >= 11 is 1.47. The third-order valence-corrected chi connectivity index (χ3v) is 1.80. The lowest BCUT2D eigenvalue weighted by Crippen LogP contribution is -1.89. The molecule has 1 rings (SSSR count). The quantitative estimate of drug-likeness (QED) is 0.720. The van der Waals surface area contributed by atoms with Gasteiger partial charge in [-0.05, 0) is 6.92 Å². The Morgan fingerprint density at radius 2 is 2.60 bits per heavy atom. The van der Waals surface area contributed by atoms with E-state index >= 15 is 0 Å². The maximum absolute atomic E-state index is 5.45. The zero-order valence-corrected chi connectivity index (χ0v) is 6.65. The van der Waals surface area contributed by atoms with E-state index in [1.54, 1.807) is 6.20 Å². The van der Waals surface area contributed by atoms with Gasteiger partial charge in [0.15, 0.2) is 0 Å². The highest BCUT2D eigenvalue weighted by atomic mass is 32.1. The van der Waals surface area contributed by atoms with Crippen LogP contribution < -0.4 is 5.73 Å². The average molecular weight is 158 g/mol. The summed E-state index contributed by atoms with van der Waals surface area (Å²) in [5, 5.41) is 1.69. The fourth-order valence-electron chi connectivity index (χ4n) is 0.580. The number of nitrogens with zero attached hydrogens (tertiary/aromatic N) is 1. The molecule has 0 aliphatic heterocycles. The first kappa shape index (κ1) is 7.50. The van der Waals surface area contributed by atoms with Crippen LogP contribution >= 0.6 is 11.3 Å². The number of rotatable bonds is 3. The van der Waals surface area contributed by atoms with E-state index in [4.69, 9.17) is 10.5 Å². The molecule has 1 aromatic heterocycles. The minimum Gasteiger partial charge on any atom is -0.389 e. The second kappa shape index (κ2) is 3.53. The number of hydrogen-bond acceptors (Lipinski definition) is 4. The van der Waals surface area contributed by atoms with E-state index in [0.717, 1.165) is 16.6 Å². The molecule has 0 bridgehead atoms. The number of aromatic nitrogens is 1. The van der Waals surface area contributed by atoms with Crippen LogP contribution in [0.5, 0.6) is 0 Å². The summed E-state index contributed by atoms with van der Waals surface area (Å²) in [5.74, 6) is 0. The molecule has 0 amide bonds. The Kier molecular flexibility index (Phi) is 2.65. The van der Waals surface area contributed by atoms with E-state index in [9.17, 15) is 0 Å². The molecule has 0 aromatic carbocycles. The van der Waals surface area contributed by atoms with Crippen molar-refractivity contribution < 1.29 is 4.74 Å². The van der Waals surface area contributed by atoms with Crippen LogP contribution in [0.4, 0.5) is 5.00 Å². The van der Waals surface area contributed by atoms with Gasteiger partial charge in [0, 0.05) is 6.61 Å². The number of nitrogen functional groups attached to an aromatic ring is 1. The molecule has 56 valence electrons. The molecule has 0 spiro atoms. The smallest absolute Gasteiger partial charge is 0.120 e. The van der Waals surface area contributed by atoms with Crippen molar-refractivity contribution in [2.45, 2.75) is 13.5 Å². The highest BCUT2D eigenvalue weighted by molar-refractivity contribution is 7.15. The van der Waals surface area contributed by atoms with Gasteiger partial charge in [0.25, 0.3) is 0 Å². The first-order valence-corrected chi connectivity index (χ1v) is 3.92. The van der Waals surface area contributed by atoms with Gasteiger partial charge in [-0.25, -0.2) is 4.98 Å². The predicted molar refractivity (Wildman–Crippen MR) is 41.9 cm³/mol. The van der Waals surface area contributed by atoms with Crippen molar-refractivity contribution in [2.24, 2.45) is 0 Å². The highest BCUT2D eigenvalue weighted by Gasteiger charge is 1.96. The van der Waals surface area contributed by atoms with Gasteiger partial charge in [-0.15, -0.1) is 0 Å². The molecule has 4 heteroatoms. The van der Waals surface area contributed by atoms with E-state index in [1.807, 2.05) is 6.92 Å². The highest BCUT2D eigenvalue weighted by Crippen LogP contribution is 2.14. The zero-order valence-electron chi connectivity index (χ0n) is 5.83. The first-order valence-electron chi connectivity index (χ1n) is 3.11. The Hall–Kier alpha value is -0.610. The van der Waals surface area contributed by atoms with Gasteiger partial charge in [-0.1, -0.05) is 11.3 Å². The van der Waals surface area contributed by atoms with E-state index in [1.165, 1.54) is 11.3 Å². The van der Waals surface area contributed by atoms with Crippen molar-refractivity contribution in [3.63, 3.8) is 0 Å². The van der Waals surface area contributed by atoms with Crippen LogP contribution in [-0.2, 0) is 11.3 Å². The molecular weight excluding hydrogens is 148 g/mol. The van der Waals surface area contributed by atoms with E-state index in [2.05, 4.69) is 4.98 Å². The van der Waals surface area contributed by atoms with Gasteiger partial charge >= 0.3 is 0 Å². The van der Waals surface area contributed by atoms with Crippen LogP contribution in [0, 0.1) is 0 Å². The van der Waals surface area contributed by atoms with Crippen molar-refractivity contribution in [1.29, 1.82) is 0 Å². The van der Waals surface area contributed by atoms with Gasteiger partial charge in [0.2, 0.25) is 0 Å². The molecule has 0 atom stereocenters. The van der Waals surface area contributed by atoms with Crippen molar-refractivity contribution in [3.05, 3.63) is 11.2 Å². The van der Waals surface area contributed by atoms with Crippen molar-refractivity contribution in [3.8, 4) is 0 Å².